The number of halogens is 1. The largest absolute Gasteiger partial charge is 0.372 e. The minimum atomic E-state index is -0.282. The summed E-state index contributed by atoms with van der Waals surface area (Å²) in [6.07, 6.45) is 0. The van der Waals surface area contributed by atoms with Crippen molar-refractivity contribution in [2.45, 2.75) is 20.8 Å². The van der Waals surface area contributed by atoms with Gasteiger partial charge in [0.1, 0.15) is 6.54 Å². The highest BCUT2D eigenvalue weighted by atomic mass is 35.5. The molecule has 0 heterocycles. The molecule has 0 radical (unpaired) electrons. The van der Waals surface area contributed by atoms with Gasteiger partial charge in [0.05, 0.1) is 0 Å². The molecule has 0 unspecified atom stereocenters. The van der Waals surface area contributed by atoms with Gasteiger partial charge >= 0.3 is 0 Å². The van der Waals surface area contributed by atoms with Gasteiger partial charge in [0.2, 0.25) is 11.8 Å². The third kappa shape index (κ3) is 5.23. The van der Waals surface area contributed by atoms with Crippen LogP contribution in [0.3, 0.4) is 0 Å². The fraction of sp³-hybridized carbons (Fsp3) is 0.300. The number of hydrogen-bond donors (Lipinski definition) is 1. The summed E-state index contributed by atoms with van der Waals surface area (Å²) in [7, 11) is 0. The normalized spacial score (nSPS) is 10.3. The van der Waals surface area contributed by atoms with E-state index in [1.807, 2.05) is 24.3 Å². The van der Waals surface area contributed by atoms with E-state index in [0.29, 0.717) is 16.4 Å². The fourth-order valence-electron chi connectivity index (χ4n) is 2.73. The summed E-state index contributed by atoms with van der Waals surface area (Å²) < 4.78 is 0. The van der Waals surface area contributed by atoms with Crippen molar-refractivity contribution in [2.24, 2.45) is 0 Å². The number of carbonyl (C=O) groups excluding carboxylic acids is 2. The summed E-state index contributed by atoms with van der Waals surface area (Å²) >= 11 is 5.92. The molecule has 5 nitrogen and oxygen atoms in total. The van der Waals surface area contributed by atoms with Gasteiger partial charge in [-0.05, 0) is 56.3 Å². The Bertz CT molecular complexity index is 758. The van der Waals surface area contributed by atoms with Crippen molar-refractivity contribution < 1.29 is 9.59 Å². The first-order valence-corrected chi connectivity index (χ1v) is 9.01. The van der Waals surface area contributed by atoms with Crippen LogP contribution in [0, 0.1) is 0 Å². The van der Waals surface area contributed by atoms with Gasteiger partial charge in [-0.1, -0.05) is 17.7 Å². The first kappa shape index (κ1) is 19.8. The van der Waals surface area contributed by atoms with Crippen LogP contribution in [-0.4, -0.2) is 31.4 Å². The molecule has 0 saturated carbocycles. The maximum Gasteiger partial charge on any atom is 0.244 e. The summed E-state index contributed by atoms with van der Waals surface area (Å²) in [5.74, 6) is -0.475. The highest BCUT2D eigenvalue weighted by molar-refractivity contribution is 6.30. The van der Waals surface area contributed by atoms with E-state index >= 15 is 0 Å². The topological polar surface area (TPSA) is 52.6 Å². The Morgan fingerprint density at radius 1 is 1.00 bits per heavy atom. The molecule has 0 fully saturated rings. The molecule has 6 heteroatoms. The molecule has 138 valence electrons. The van der Waals surface area contributed by atoms with Gasteiger partial charge in [-0.3, -0.25) is 9.59 Å². The number of rotatable bonds is 7. The molecule has 1 N–H and O–H groups in total. The lowest BCUT2D eigenvalue weighted by Gasteiger charge is -2.24. The number of benzene rings is 2. The van der Waals surface area contributed by atoms with Gasteiger partial charge in [-0.25, -0.2) is 0 Å². The molecule has 26 heavy (non-hydrogen) atoms. The Morgan fingerprint density at radius 2 is 1.62 bits per heavy atom. The number of carbonyl (C=O) groups is 2. The van der Waals surface area contributed by atoms with Crippen molar-refractivity contribution in [1.29, 1.82) is 0 Å². The average Bonchev–Trinajstić information content (AvgIpc) is 2.61. The third-order valence-electron chi connectivity index (χ3n) is 4.08. The molecule has 0 aliphatic carbocycles. The molecule has 2 amide bonds. The van der Waals surface area contributed by atoms with Gasteiger partial charge in [-0.15, -0.1) is 0 Å². The molecule has 0 bridgehead atoms. The monoisotopic (exact) mass is 373 g/mol. The lowest BCUT2D eigenvalue weighted by Crippen LogP contribution is -2.36. The molecular formula is C20H24ClN3O2. The molecular weight excluding hydrogens is 350 g/mol. The standard InChI is InChI=1S/C20H24ClN3O2/c1-4-23(5-2)18-9-11-19(12-10-18)24(15(3)25)14-20(26)22-17-8-6-7-16(21)13-17/h6-13H,4-5,14H2,1-3H3,(H,22,26). The van der Waals surface area contributed by atoms with Gasteiger partial charge in [0, 0.05) is 42.1 Å². The first-order chi connectivity index (χ1) is 12.4. The van der Waals surface area contributed by atoms with Crippen molar-refractivity contribution in [3.05, 3.63) is 53.6 Å². The number of nitrogens with zero attached hydrogens (tertiary/aromatic N) is 2. The number of anilines is 3. The van der Waals surface area contributed by atoms with E-state index in [4.69, 9.17) is 11.6 Å². The molecule has 2 aromatic rings. The first-order valence-electron chi connectivity index (χ1n) is 8.63. The Balaban J connectivity index is 2.10. The van der Waals surface area contributed by atoms with Gasteiger partial charge < -0.3 is 15.1 Å². The number of amides is 2. The van der Waals surface area contributed by atoms with Crippen LogP contribution in [0.5, 0.6) is 0 Å². The molecule has 0 aliphatic heterocycles. The van der Waals surface area contributed by atoms with Gasteiger partial charge in [-0.2, -0.15) is 0 Å². The smallest absolute Gasteiger partial charge is 0.244 e. The number of nitrogens with one attached hydrogen (secondary N) is 1. The Kier molecular flexibility index (Phi) is 7.04. The van der Waals surface area contributed by atoms with Crippen LogP contribution in [0.15, 0.2) is 48.5 Å². The van der Waals surface area contributed by atoms with Crippen LogP contribution < -0.4 is 15.1 Å². The molecule has 0 spiro atoms. The predicted molar refractivity (Wildman–Crippen MR) is 108 cm³/mol. The molecule has 0 aliphatic rings. The predicted octanol–water partition coefficient (Wildman–Crippen LogP) is 4.18. The Hall–Kier alpha value is -2.53. The van der Waals surface area contributed by atoms with Crippen molar-refractivity contribution in [1.82, 2.24) is 0 Å². The van der Waals surface area contributed by atoms with Crippen molar-refractivity contribution in [2.75, 3.05) is 34.8 Å². The van der Waals surface area contributed by atoms with E-state index in [1.54, 1.807) is 24.3 Å². The summed E-state index contributed by atoms with van der Waals surface area (Å²) in [5, 5.41) is 3.30. The quantitative estimate of drug-likeness (QED) is 0.792. The zero-order chi connectivity index (χ0) is 19.1. The van der Waals surface area contributed by atoms with Crippen LogP contribution in [0.2, 0.25) is 5.02 Å². The third-order valence-corrected chi connectivity index (χ3v) is 4.32. The second kappa shape index (κ2) is 9.25. The van der Waals surface area contributed by atoms with E-state index in [-0.39, 0.29) is 18.4 Å². The fourth-order valence-corrected chi connectivity index (χ4v) is 2.92. The molecule has 0 aromatic heterocycles. The van der Waals surface area contributed by atoms with Crippen LogP contribution in [0.4, 0.5) is 17.1 Å². The minimum Gasteiger partial charge on any atom is -0.372 e. The van der Waals surface area contributed by atoms with Crippen molar-refractivity contribution >= 4 is 40.5 Å². The second-order valence-corrected chi connectivity index (χ2v) is 6.29. The van der Waals surface area contributed by atoms with E-state index in [2.05, 4.69) is 24.1 Å². The zero-order valence-electron chi connectivity index (χ0n) is 15.3. The molecule has 0 saturated heterocycles. The molecule has 2 aromatic carbocycles. The SMILES string of the molecule is CCN(CC)c1ccc(N(CC(=O)Nc2cccc(Cl)c2)C(C)=O)cc1. The number of hydrogen-bond acceptors (Lipinski definition) is 3. The van der Waals surface area contributed by atoms with E-state index < -0.39 is 0 Å². The zero-order valence-corrected chi connectivity index (χ0v) is 16.1. The molecule has 2 rings (SSSR count). The second-order valence-electron chi connectivity index (χ2n) is 5.85. The van der Waals surface area contributed by atoms with Crippen LogP contribution in [0.1, 0.15) is 20.8 Å². The van der Waals surface area contributed by atoms with Gasteiger partial charge in [0.25, 0.3) is 0 Å². The van der Waals surface area contributed by atoms with Gasteiger partial charge in [0.15, 0.2) is 0 Å². The average molecular weight is 374 g/mol. The summed E-state index contributed by atoms with van der Waals surface area (Å²) in [5.41, 5.74) is 2.38. The van der Waals surface area contributed by atoms with Crippen LogP contribution in [-0.2, 0) is 9.59 Å². The Morgan fingerprint density at radius 3 is 2.15 bits per heavy atom. The lowest BCUT2D eigenvalue weighted by molar-refractivity contribution is -0.120. The highest BCUT2D eigenvalue weighted by Gasteiger charge is 2.16. The van der Waals surface area contributed by atoms with Crippen molar-refractivity contribution in [3.63, 3.8) is 0 Å². The maximum absolute atomic E-state index is 12.3. The summed E-state index contributed by atoms with van der Waals surface area (Å²) in [6.45, 7) is 7.40. The highest BCUT2D eigenvalue weighted by Crippen LogP contribution is 2.21. The van der Waals surface area contributed by atoms with E-state index in [0.717, 1.165) is 18.8 Å². The summed E-state index contributed by atoms with van der Waals surface area (Å²) in [6, 6.07) is 14.6. The van der Waals surface area contributed by atoms with Crippen molar-refractivity contribution in [3.8, 4) is 0 Å². The lowest BCUT2D eigenvalue weighted by atomic mass is 10.2. The van der Waals surface area contributed by atoms with E-state index in [1.165, 1.54) is 11.8 Å². The Labute approximate surface area is 159 Å². The minimum absolute atomic E-state index is 0.0630. The summed E-state index contributed by atoms with van der Waals surface area (Å²) in [4.78, 5) is 28.0. The van der Waals surface area contributed by atoms with Crippen LogP contribution in [0.25, 0.3) is 0 Å². The van der Waals surface area contributed by atoms with Crippen LogP contribution >= 0.6 is 11.6 Å². The maximum atomic E-state index is 12.3. The van der Waals surface area contributed by atoms with E-state index in [9.17, 15) is 9.59 Å². The molecule has 0 atom stereocenters.